The van der Waals surface area contributed by atoms with Crippen LogP contribution in [-0.2, 0) is 25.6 Å². The summed E-state index contributed by atoms with van der Waals surface area (Å²) in [6, 6.07) is 0.175. The Morgan fingerprint density at radius 2 is 1.79 bits per heavy atom. The van der Waals surface area contributed by atoms with Crippen LogP contribution in [0, 0.1) is 11.8 Å². The predicted octanol–water partition coefficient (Wildman–Crippen LogP) is -0.954. The highest BCUT2D eigenvalue weighted by Gasteiger charge is 2.64. The van der Waals surface area contributed by atoms with Gasteiger partial charge in [0, 0.05) is 17.2 Å². The van der Waals surface area contributed by atoms with Crippen LogP contribution < -0.4 is 16.8 Å². The Hall–Kier alpha value is -3.94. The third-order valence-corrected chi connectivity index (χ3v) is 7.49. The summed E-state index contributed by atoms with van der Waals surface area (Å²) >= 11 is 0. The highest BCUT2D eigenvalue weighted by molar-refractivity contribution is 6.24. The molecule has 13 heteroatoms. The van der Waals surface area contributed by atoms with Crippen molar-refractivity contribution < 1.29 is 39.6 Å². The van der Waals surface area contributed by atoms with E-state index in [1.807, 2.05) is 0 Å². The molecule has 1 aromatic carbocycles. The molecule has 0 unspecified atom stereocenters. The van der Waals surface area contributed by atoms with Crippen LogP contribution in [0.25, 0.3) is 5.76 Å². The van der Waals surface area contributed by atoms with E-state index in [-0.39, 0.29) is 41.9 Å². The fraction of sp³-hybridized carbons (Fsp3) is 0.440. The number of amides is 2. The zero-order chi connectivity index (χ0) is 28.4. The lowest BCUT2D eigenvalue weighted by molar-refractivity contribution is -0.153. The number of carbonyl (C=O) groups excluding carboxylic acids is 4. The third-order valence-electron chi connectivity index (χ3n) is 7.49. The van der Waals surface area contributed by atoms with Crippen molar-refractivity contribution in [3.63, 3.8) is 0 Å². The molecule has 1 saturated carbocycles. The number of hydrogen-bond donors (Lipinski definition) is 7. The maximum atomic E-state index is 13.8. The Bertz CT molecular complexity index is 1350. The van der Waals surface area contributed by atoms with Crippen molar-refractivity contribution in [2.75, 3.05) is 45.8 Å². The van der Waals surface area contributed by atoms with Gasteiger partial charge in [-0.3, -0.25) is 24.1 Å². The number of nitrogens with two attached hydrogens (primary N) is 2. The van der Waals surface area contributed by atoms with Crippen LogP contribution >= 0.6 is 0 Å². The summed E-state index contributed by atoms with van der Waals surface area (Å²) < 4.78 is 0. The summed E-state index contributed by atoms with van der Waals surface area (Å²) in [7, 11) is 6.40. The lowest BCUT2D eigenvalue weighted by Crippen LogP contribution is -2.65. The number of nitrogens with zero attached hydrogens (tertiary/aromatic N) is 2. The smallest absolute Gasteiger partial charge is 0.255 e. The van der Waals surface area contributed by atoms with Crippen LogP contribution in [0.2, 0.25) is 0 Å². The largest absolute Gasteiger partial charge is 0.508 e. The van der Waals surface area contributed by atoms with E-state index in [2.05, 4.69) is 5.32 Å². The maximum absolute atomic E-state index is 13.8. The standard InChI is InChI=1S/C25H31N5O8/c1-29(2)8-14(31)28-13-7-12(26)10-5-9-6-11-18(30(3)4)21(34)17(24(27)37)23(36)25(11,38)22(35)15(9)20(33)16(10)19(13)32/h7,9,11,18,32-33,36,38H,5-6,8,26H2,1-4H3,(H2,27,37)(H,28,31)/t9-,11-,18+,25-/m1/s1. The molecule has 1 fully saturated rings. The zero-order valence-electron chi connectivity index (χ0n) is 21.4. The van der Waals surface area contributed by atoms with E-state index in [4.69, 9.17) is 11.5 Å². The Morgan fingerprint density at radius 3 is 2.34 bits per heavy atom. The number of fused-ring (bicyclic) bond motifs is 3. The number of rotatable bonds is 5. The van der Waals surface area contributed by atoms with E-state index in [1.54, 1.807) is 19.0 Å². The molecule has 2 amide bonds. The average Bonchev–Trinajstić information content (AvgIpc) is 2.78. The van der Waals surface area contributed by atoms with Crippen LogP contribution in [0.15, 0.2) is 23.0 Å². The summed E-state index contributed by atoms with van der Waals surface area (Å²) in [6.07, 6.45) is 0.00709. The minimum atomic E-state index is -2.73. The Balaban J connectivity index is 1.90. The first-order valence-electron chi connectivity index (χ1n) is 11.9. The number of ketones is 2. The van der Waals surface area contributed by atoms with E-state index in [9.17, 15) is 39.6 Å². The molecule has 3 aliphatic carbocycles. The first-order valence-corrected chi connectivity index (χ1v) is 11.9. The van der Waals surface area contributed by atoms with Crippen LogP contribution in [0.3, 0.4) is 0 Å². The van der Waals surface area contributed by atoms with E-state index < -0.39 is 69.7 Å². The number of nitrogen functional groups attached to an aromatic ring is 1. The molecule has 3 aliphatic rings. The first-order chi connectivity index (χ1) is 17.6. The number of primary amides is 1. The predicted molar refractivity (Wildman–Crippen MR) is 136 cm³/mol. The van der Waals surface area contributed by atoms with Gasteiger partial charge in [0.15, 0.2) is 11.4 Å². The van der Waals surface area contributed by atoms with Gasteiger partial charge in [0.25, 0.3) is 5.91 Å². The quantitative estimate of drug-likeness (QED) is 0.107. The summed E-state index contributed by atoms with van der Waals surface area (Å²) in [5.74, 6) is -8.03. The number of carbonyl (C=O) groups is 4. The SMILES string of the molecule is CN(C)CC(=O)Nc1cc(N)c2c(c1O)C(O)=C1C(=O)[C@@]3(O)C(O)=C(C(N)=O)C(=O)[C@@H](N(C)C)[C@H]3C[C@H]1C2. The van der Waals surface area contributed by atoms with Crippen molar-refractivity contribution in [1.29, 1.82) is 0 Å². The minimum Gasteiger partial charge on any atom is -0.508 e. The maximum Gasteiger partial charge on any atom is 0.255 e. The number of aliphatic hydroxyl groups is 3. The molecule has 0 bridgehead atoms. The van der Waals surface area contributed by atoms with Gasteiger partial charge in [-0.15, -0.1) is 0 Å². The third kappa shape index (κ3) is 3.81. The molecule has 204 valence electrons. The Kier molecular flexibility index (Phi) is 6.50. The molecule has 9 N–H and O–H groups in total. The van der Waals surface area contributed by atoms with E-state index in [1.165, 1.54) is 25.1 Å². The Labute approximate surface area is 218 Å². The Morgan fingerprint density at radius 1 is 1.16 bits per heavy atom. The highest BCUT2D eigenvalue weighted by Crippen LogP contribution is 2.54. The van der Waals surface area contributed by atoms with Gasteiger partial charge in [0.05, 0.1) is 23.8 Å². The van der Waals surface area contributed by atoms with Gasteiger partial charge in [-0.25, -0.2) is 0 Å². The number of phenolic OH excluding ortho intramolecular Hbond substituents is 1. The van der Waals surface area contributed by atoms with Crippen molar-refractivity contribution in [3.05, 3.63) is 34.1 Å². The summed E-state index contributed by atoms with van der Waals surface area (Å²) in [5, 5.41) is 47.3. The molecule has 13 nitrogen and oxygen atoms in total. The number of phenols is 1. The fourth-order valence-corrected chi connectivity index (χ4v) is 5.91. The number of anilines is 2. The monoisotopic (exact) mass is 529 g/mol. The fourth-order valence-electron chi connectivity index (χ4n) is 5.91. The molecular weight excluding hydrogens is 498 g/mol. The molecule has 4 atom stereocenters. The van der Waals surface area contributed by atoms with Gasteiger partial charge < -0.3 is 42.1 Å². The van der Waals surface area contributed by atoms with Gasteiger partial charge in [-0.2, -0.15) is 0 Å². The molecule has 38 heavy (non-hydrogen) atoms. The number of Topliss-reactive ketones (excluding diaryl/α,β-unsaturated/α-hetero) is 2. The van der Waals surface area contributed by atoms with Gasteiger partial charge in [-0.1, -0.05) is 0 Å². The van der Waals surface area contributed by atoms with Crippen molar-refractivity contribution in [1.82, 2.24) is 9.80 Å². The molecule has 0 spiro atoms. The van der Waals surface area contributed by atoms with Gasteiger partial charge in [-0.05, 0) is 58.6 Å². The number of aromatic hydroxyl groups is 1. The molecule has 4 rings (SSSR count). The molecule has 0 radical (unpaired) electrons. The van der Waals surface area contributed by atoms with Crippen molar-refractivity contribution in [3.8, 4) is 5.75 Å². The van der Waals surface area contributed by atoms with Gasteiger partial charge >= 0.3 is 0 Å². The first kappa shape index (κ1) is 27.1. The van der Waals surface area contributed by atoms with Crippen molar-refractivity contribution in [2.45, 2.75) is 24.5 Å². The van der Waals surface area contributed by atoms with E-state index in [0.717, 1.165) is 0 Å². The molecule has 0 aromatic heterocycles. The summed E-state index contributed by atoms with van der Waals surface area (Å²) in [6.45, 7) is -0.00193. The second-order valence-corrected chi connectivity index (χ2v) is 10.5. The minimum absolute atomic E-state index is 0.00193. The lowest BCUT2D eigenvalue weighted by atomic mass is 9.57. The van der Waals surface area contributed by atoms with Crippen LogP contribution in [-0.4, -0.2) is 100.0 Å². The van der Waals surface area contributed by atoms with Gasteiger partial charge in [0.2, 0.25) is 11.7 Å². The van der Waals surface area contributed by atoms with Crippen LogP contribution in [0.1, 0.15) is 17.5 Å². The van der Waals surface area contributed by atoms with Gasteiger partial charge in [0.1, 0.15) is 22.8 Å². The summed E-state index contributed by atoms with van der Waals surface area (Å²) in [4.78, 5) is 54.3. The topological polar surface area (TPSA) is 220 Å². The summed E-state index contributed by atoms with van der Waals surface area (Å²) in [5.41, 5.74) is 7.81. The number of nitrogens with one attached hydrogen (secondary N) is 1. The number of likely N-dealkylation sites (N-methyl/N-ethyl adjacent to an activating group) is 2. The average molecular weight is 530 g/mol. The molecule has 0 aliphatic heterocycles. The highest BCUT2D eigenvalue weighted by atomic mass is 16.3. The van der Waals surface area contributed by atoms with Crippen molar-refractivity contribution >= 4 is 40.5 Å². The van der Waals surface area contributed by atoms with Crippen LogP contribution in [0.4, 0.5) is 11.4 Å². The van der Waals surface area contributed by atoms with E-state index in [0.29, 0.717) is 5.56 Å². The van der Waals surface area contributed by atoms with Crippen LogP contribution in [0.5, 0.6) is 5.75 Å². The number of aliphatic hydroxyl groups excluding tert-OH is 2. The molecule has 0 saturated heterocycles. The second-order valence-electron chi connectivity index (χ2n) is 10.5. The number of benzene rings is 1. The molecule has 1 aromatic rings. The molecule has 0 heterocycles. The second kappa shape index (κ2) is 9.11. The lowest BCUT2D eigenvalue weighted by Gasteiger charge is -2.50. The number of hydrogen-bond acceptors (Lipinski definition) is 11. The van der Waals surface area contributed by atoms with E-state index >= 15 is 0 Å². The van der Waals surface area contributed by atoms with Crippen molar-refractivity contribution in [2.24, 2.45) is 17.6 Å². The normalized spacial score (nSPS) is 26.9. The molecular formula is C25H31N5O8. The zero-order valence-corrected chi connectivity index (χ0v) is 21.4.